The van der Waals surface area contributed by atoms with Crippen molar-refractivity contribution in [2.24, 2.45) is 0 Å². The lowest BCUT2D eigenvalue weighted by atomic mass is 10.1. The Balaban J connectivity index is 1.77. The molecule has 29 heavy (non-hydrogen) atoms. The number of hydrogen-bond acceptors (Lipinski definition) is 3. The number of aliphatic carboxylic acids is 1. The number of halogens is 2. The molecule has 5 nitrogen and oxygen atoms in total. The van der Waals surface area contributed by atoms with E-state index in [2.05, 4.69) is 21.2 Å². The number of carboxylic acid groups (broad SMARTS) is 1. The van der Waals surface area contributed by atoms with Crippen LogP contribution in [0.5, 0.6) is 11.5 Å². The number of nitrogens with one attached hydrogen (secondary N) is 1. The normalized spacial score (nSPS) is 11.0. The Morgan fingerprint density at radius 1 is 0.966 bits per heavy atom. The van der Waals surface area contributed by atoms with Gasteiger partial charge in [0, 0.05) is 5.56 Å². The van der Waals surface area contributed by atoms with Gasteiger partial charge in [0.1, 0.15) is 11.4 Å². The zero-order valence-corrected chi connectivity index (χ0v) is 16.5. The quantitative estimate of drug-likeness (QED) is 0.498. The van der Waals surface area contributed by atoms with Crippen molar-refractivity contribution in [1.29, 1.82) is 0 Å². The van der Waals surface area contributed by atoms with Crippen molar-refractivity contribution in [3.8, 4) is 11.5 Å². The third kappa shape index (κ3) is 5.30. The number of carboxylic acids is 1. The third-order valence-electron chi connectivity index (χ3n) is 3.84. The average molecular weight is 456 g/mol. The summed E-state index contributed by atoms with van der Waals surface area (Å²) in [4.78, 5) is 23.7. The van der Waals surface area contributed by atoms with Crippen LogP contribution in [-0.4, -0.2) is 17.0 Å². The maximum atomic E-state index is 13.9. The second kappa shape index (κ2) is 9.16. The summed E-state index contributed by atoms with van der Waals surface area (Å²) in [6.07, 6.45) is 1.33. The van der Waals surface area contributed by atoms with Crippen LogP contribution in [0.1, 0.15) is 15.9 Å². The molecule has 0 spiro atoms. The van der Waals surface area contributed by atoms with Gasteiger partial charge in [-0.15, -0.1) is 0 Å². The molecule has 146 valence electrons. The fraction of sp³-hybridized carbons (Fsp3) is 0. The largest absolute Gasteiger partial charge is 0.477 e. The molecule has 0 heterocycles. The Morgan fingerprint density at radius 3 is 2.28 bits per heavy atom. The van der Waals surface area contributed by atoms with Crippen molar-refractivity contribution in [3.63, 3.8) is 0 Å². The molecule has 2 N–H and O–H groups in total. The summed E-state index contributed by atoms with van der Waals surface area (Å²) in [5.41, 5.74) is 0.596. The molecule has 0 atom stereocenters. The van der Waals surface area contributed by atoms with Crippen molar-refractivity contribution >= 4 is 33.9 Å². The minimum atomic E-state index is -1.27. The van der Waals surface area contributed by atoms with Gasteiger partial charge in [-0.2, -0.15) is 0 Å². The Morgan fingerprint density at radius 2 is 1.66 bits per heavy atom. The van der Waals surface area contributed by atoms with E-state index in [1.807, 2.05) is 0 Å². The summed E-state index contributed by atoms with van der Waals surface area (Å²) >= 11 is 3.23. The number of para-hydroxylation sites is 1. The van der Waals surface area contributed by atoms with Crippen molar-refractivity contribution in [2.45, 2.75) is 0 Å². The molecular weight excluding hydrogens is 441 g/mol. The number of carbonyl (C=O) groups excluding carboxylic acids is 1. The van der Waals surface area contributed by atoms with Gasteiger partial charge in [0.2, 0.25) is 0 Å². The van der Waals surface area contributed by atoms with Gasteiger partial charge in [-0.25, -0.2) is 9.18 Å². The molecule has 0 aliphatic heterocycles. The first-order valence-electron chi connectivity index (χ1n) is 8.47. The van der Waals surface area contributed by atoms with Crippen LogP contribution < -0.4 is 10.1 Å². The summed E-state index contributed by atoms with van der Waals surface area (Å²) < 4.78 is 19.9. The Hall–Kier alpha value is -3.45. The zero-order chi connectivity index (χ0) is 20.8. The maximum Gasteiger partial charge on any atom is 0.352 e. The highest BCUT2D eigenvalue weighted by atomic mass is 79.9. The van der Waals surface area contributed by atoms with E-state index in [1.165, 1.54) is 12.1 Å². The lowest BCUT2D eigenvalue weighted by molar-refractivity contribution is -0.132. The molecule has 0 saturated heterocycles. The van der Waals surface area contributed by atoms with Crippen LogP contribution in [0.25, 0.3) is 6.08 Å². The molecule has 0 bridgehead atoms. The van der Waals surface area contributed by atoms with Crippen LogP contribution in [0, 0.1) is 5.82 Å². The Bertz CT molecular complexity index is 1050. The molecule has 0 aliphatic carbocycles. The lowest BCUT2D eigenvalue weighted by Crippen LogP contribution is -2.27. The van der Waals surface area contributed by atoms with Gasteiger partial charge in [0.15, 0.2) is 11.6 Å². The molecule has 0 aromatic heterocycles. The first-order chi connectivity index (χ1) is 13.9. The highest BCUT2D eigenvalue weighted by molar-refractivity contribution is 9.10. The lowest BCUT2D eigenvalue weighted by Gasteiger charge is -2.09. The summed E-state index contributed by atoms with van der Waals surface area (Å²) in [6, 6.07) is 19.1. The van der Waals surface area contributed by atoms with E-state index >= 15 is 0 Å². The fourth-order valence-electron chi connectivity index (χ4n) is 2.43. The first kappa shape index (κ1) is 20.3. The van der Waals surface area contributed by atoms with E-state index in [0.29, 0.717) is 21.3 Å². The first-order valence-corrected chi connectivity index (χ1v) is 9.26. The van der Waals surface area contributed by atoms with Gasteiger partial charge in [0.05, 0.1) is 4.47 Å². The zero-order valence-electron chi connectivity index (χ0n) is 14.9. The molecule has 3 aromatic carbocycles. The SMILES string of the molecule is O=C(O)/C(=C/c1ccc(Oc2c(F)cccc2Br)cc1)NC(=O)c1ccccc1. The van der Waals surface area contributed by atoms with E-state index in [0.717, 1.165) is 0 Å². The molecule has 0 fully saturated rings. The summed E-state index contributed by atoms with van der Waals surface area (Å²) in [5, 5.41) is 11.8. The fourth-order valence-corrected chi connectivity index (χ4v) is 2.85. The predicted octanol–water partition coefficient (Wildman–Crippen LogP) is 5.24. The number of benzene rings is 3. The third-order valence-corrected chi connectivity index (χ3v) is 4.47. The van der Waals surface area contributed by atoms with E-state index < -0.39 is 17.7 Å². The standard InChI is InChI=1S/C22H15BrFNO4/c23-17-7-4-8-18(24)20(17)29-16-11-9-14(10-12-16)13-19(22(27)28)25-21(26)15-5-2-1-3-6-15/h1-13H,(H,25,26)(H,27,28)/b19-13-. The molecular formula is C22H15BrFNO4. The summed E-state index contributed by atoms with van der Waals surface area (Å²) in [5.74, 6) is -1.89. The van der Waals surface area contributed by atoms with Gasteiger partial charge in [-0.05, 0) is 64.0 Å². The van der Waals surface area contributed by atoms with Crippen LogP contribution in [0.3, 0.4) is 0 Å². The molecule has 0 saturated carbocycles. The second-order valence-electron chi connectivity index (χ2n) is 5.91. The van der Waals surface area contributed by atoms with Gasteiger partial charge < -0.3 is 15.2 Å². The van der Waals surface area contributed by atoms with Gasteiger partial charge in [-0.1, -0.05) is 36.4 Å². The molecule has 0 aliphatic rings. The molecule has 3 rings (SSSR count). The highest BCUT2D eigenvalue weighted by Crippen LogP contribution is 2.32. The van der Waals surface area contributed by atoms with Crippen molar-refractivity contribution in [1.82, 2.24) is 5.32 Å². The summed E-state index contributed by atoms with van der Waals surface area (Å²) in [7, 11) is 0. The van der Waals surface area contributed by atoms with E-state index in [1.54, 1.807) is 66.7 Å². The minimum Gasteiger partial charge on any atom is -0.477 e. The highest BCUT2D eigenvalue weighted by Gasteiger charge is 2.13. The molecule has 7 heteroatoms. The topological polar surface area (TPSA) is 75.6 Å². The van der Waals surface area contributed by atoms with Gasteiger partial charge in [-0.3, -0.25) is 4.79 Å². The molecule has 1 amide bonds. The summed E-state index contributed by atoms with van der Waals surface area (Å²) in [6.45, 7) is 0. The minimum absolute atomic E-state index is 0.0529. The van der Waals surface area contributed by atoms with Crippen molar-refractivity contribution in [2.75, 3.05) is 0 Å². The van der Waals surface area contributed by atoms with Crippen molar-refractivity contribution in [3.05, 3.63) is 99.9 Å². The van der Waals surface area contributed by atoms with E-state index in [4.69, 9.17) is 4.74 Å². The van der Waals surface area contributed by atoms with Gasteiger partial charge >= 0.3 is 5.97 Å². The number of rotatable bonds is 6. The van der Waals surface area contributed by atoms with Crippen LogP contribution in [0.4, 0.5) is 4.39 Å². The number of hydrogen-bond donors (Lipinski definition) is 2. The van der Waals surface area contributed by atoms with E-state index in [-0.39, 0.29) is 11.4 Å². The maximum absolute atomic E-state index is 13.9. The smallest absolute Gasteiger partial charge is 0.352 e. The van der Waals surface area contributed by atoms with Crippen LogP contribution in [0.2, 0.25) is 0 Å². The monoisotopic (exact) mass is 455 g/mol. The Kier molecular flexibility index (Phi) is 6.41. The number of ether oxygens (including phenoxy) is 1. The van der Waals surface area contributed by atoms with Crippen LogP contribution >= 0.6 is 15.9 Å². The number of carbonyl (C=O) groups is 2. The van der Waals surface area contributed by atoms with Crippen LogP contribution in [0.15, 0.2) is 83.0 Å². The van der Waals surface area contributed by atoms with Gasteiger partial charge in [0.25, 0.3) is 5.91 Å². The van der Waals surface area contributed by atoms with E-state index in [9.17, 15) is 19.1 Å². The number of amides is 1. The average Bonchev–Trinajstić information content (AvgIpc) is 2.72. The Labute approximate surface area is 174 Å². The van der Waals surface area contributed by atoms with Crippen molar-refractivity contribution < 1.29 is 23.8 Å². The molecule has 0 unspecified atom stereocenters. The molecule has 3 aromatic rings. The van der Waals surface area contributed by atoms with Crippen LogP contribution in [-0.2, 0) is 4.79 Å². The molecule has 0 radical (unpaired) electrons. The predicted molar refractivity (Wildman–Crippen MR) is 110 cm³/mol. The second-order valence-corrected chi connectivity index (χ2v) is 6.76.